The second-order valence-corrected chi connectivity index (χ2v) is 7.88. The second-order valence-electron chi connectivity index (χ2n) is 5.88. The number of carbonyl (C=O) groups excluding carboxylic acids is 1. The molecule has 8 heteroatoms. The van der Waals surface area contributed by atoms with Crippen LogP contribution in [0.2, 0.25) is 0 Å². The van der Waals surface area contributed by atoms with Gasteiger partial charge in [-0.05, 0) is 34.5 Å². The van der Waals surface area contributed by atoms with Crippen molar-refractivity contribution >= 4 is 64.1 Å². The van der Waals surface area contributed by atoms with Crippen molar-refractivity contribution in [1.29, 1.82) is 0 Å². The highest BCUT2D eigenvalue weighted by molar-refractivity contribution is 9.10. The first-order chi connectivity index (χ1) is 10.7. The van der Waals surface area contributed by atoms with Gasteiger partial charge >= 0.3 is 0 Å². The highest BCUT2D eigenvalue weighted by Crippen LogP contribution is 2.28. The van der Waals surface area contributed by atoms with Crippen LogP contribution < -0.4 is 15.5 Å². The summed E-state index contributed by atoms with van der Waals surface area (Å²) in [6.07, 6.45) is 1.61. The molecular weight excluding hydrogens is 433 g/mol. The van der Waals surface area contributed by atoms with E-state index in [1.54, 1.807) is 0 Å². The minimum atomic E-state index is 0. The Kier molecular flexibility index (Phi) is 9.82. The molecule has 1 amide bonds. The minimum Gasteiger partial charge on any atom is -0.368 e. The van der Waals surface area contributed by atoms with Crippen molar-refractivity contribution in [2.75, 3.05) is 36.0 Å². The maximum Gasteiger partial charge on any atom is 0.221 e. The Bertz CT molecular complexity index is 532. The van der Waals surface area contributed by atoms with E-state index in [4.69, 9.17) is 0 Å². The Labute approximate surface area is 168 Å². The molecule has 2 saturated heterocycles. The standard InChI is InChI=1S/C16H22BrN3OS.2ClH/c17-14-3-1-2-4-15(14)20-7-5-12(10-20)19-16(21)9-13-11-22-8-6-18-13;;/h1-4,12-13,18H,5-11H2,(H,19,21);2*1H. The zero-order valence-corrected chi connectivity index (χ0v) is 17.4. The van der Waals surface area contributed by atoms with Gasteiger partial charge < -0.3 is 15.5 Å². The second kappa shape index (κ2) is 10.8. The number of nitrogens with zero attached hydrogens (tertiary/aromatic N) is 1. The van der Waals surface area contributed by atoms with E-state index in [0.29, 0.717) is 12.5 Å². The third-order valence-electron chi connectivity index (χ3n) is 4.18. The topological polar surface area (TPSA) is 44.4 Å². The smallest absolute Gasteiger partial charge is 0.221 e. The van der Waals surface area contributed by atoms with Crippen LogP contribution in [0.25, 0.3) is 0 Å². The SMILES string of the molecule is Cl.Cl.O=C(CC1CSCCN1)NC1CCN(c2ccccc2Br)C1. The van der Waals surface area contributed by atoms with Gasteiger partial charge in [0.15, 0.2) is 0 Å². The van der Waals surface area contributed by atoms with Gasteiger partial charge in [0.1, 0.15) is 0 Å². The molecular formula is C16H24BrCl2N3OS. The third-order valence-corrected chi connectivity index (χ3v) is 5.98. The van der Waals surface area contributed by atoms with Crippen molar-refractivity contribution < 1.29 is 4.79 Å². The van der Waals surface area contributed by atoms with E-state index >= 15 is 0 Å². The van der Waals surface area contributed by atoms with Crippen molar-refractivity contribution in [3.05, 3.63) is 28.7 Å². The summed E-state index contributed by atoms with van der Waals surface area (Å²) < 4.78 is 1.12. The fourth-order valence-electron chi connectivity index (χ4n) is 3.07. The number of hydrogen-bond acceptors (Lipinski definition) is 4. The molecule has 0 aliphatic carbocycles. The number of para-hydroxylation sites is 1. The lowest BCUT2D eigenvalue weighted by molar-refractivity contribution is -0.122. The summed E-state index contributed by atoms with van der Waals surface area (Å²) in [5, 5.41) is 6.62. The van der Waals surface area contributed by atoms with Crippen LogP contribution in [0.1, 0.15) is 12.8 Å². The minimum absolute atomic E-state index is 0. The summed E-state index contributed by atoms with van der Waals surface area (Å²) in [6, 6.07) is 8.86. The number of anilines is 1. The van der Waals surface area contributed by atoms with Crippen LogP contribution in [0.3, 0.4) is 0 Å². The van der Waals surface area contributed by atoms with Crippen molar-refractivity contribution in [3.63, 3.8) is 0 Å². The number of hydrogen-bond donors (Lipinski definition) is 2. The van der Waals surface area contributed by atoms with E-state index in [0.717, 1.165) is 42.0 Å². The van der Waals surface area contributed by atoms with Crippen LogP contribution >= 0.6 is 52.5 Å². The Hall–Kier alpha value is -0.140. The van der Waals surface area contributed by atoms with Crippen LogP contribution in [0.4, 0.5) is 5.69 Å². The van der Waals surface area contributed by atoms with Crippen LogP contribution in [0.15, 0.2) is 28.7 Å². The first-order valence-electron chi connectivity index (χ1n) is 7.82. The fraction of sp³-hybridized carbons (Fsp3) is 0.562. The van der Waals surface area contributed by atoms with E-state index in [9.17, 15) is 4.79 Å². The molecule has 24 heavy (non-hydrogen) atoms. The average molecular weight is 457 g/mol. The van der Waals surface area contributed by atoms with Crippen LogP contribution in [0.5, 0.6) is 0 Å². The Morgan fingerprint density at radius 2 is 2.17 bits per heavy atom. The zero-order chi connectivity index (χ0) is 15.4. The van der Waals surface area contributed by atoms with Gasteiger partial charge in [0.05, 0.1) is 5.69 Å². The quantitative estimate of drug-likeness (QED) is 0.730. The molecule has 2 aliphatic rings. The number of carbonyl (C=O) groups is 1. The van der Waals surface area contributed by atoms with Gasteiger partial charge in [-0.15, -0.1) is 24.8 Å². The molecule has 2 atom stereocenters. The summed E-state index contributed by atoms with van der Waals surface area (Å²) in [5.74, 6) is 2.38. The van der Waals surface area contributed by atoms with Crippen molar-refractivity contribution in [1.82, 2.24) is 10.6 Å². The maximum absolute atomic E-state index is 12.2. The molecule has 0 aromatic heterocycles. The summed E-state index contributed by atoms with van der Waals surface area (Å²) in [6.45, 7) is 2.90. The van der Waals surface area contributed by atoms with Gasteiger partial charge in [-0.1, -0.05) is 12.1 Å². The number of benzene rings is 1. The molecule has 3 rings (SSSR count). The molecule has 2 unspecified atom stereocenters. The number of rotatable bonds is 4. The average Bonchev–Trinajstić information content (AvgIpc) is 2.97. The molecule has 2 fully saturated rings. The fourth-order valence-corrected chi connectivity index (χ4v) is 4.55. The van der Waals surface area contributed by atoms with E-state index in [2.05, 4.69) is 49.7 Å². The Morgan fingerprint density at radius 3 is 2.88 bits per heavy atom. The Balaban J connectivity index is 0.00000144. The molecule has 2 aliphatic heterocycles. The van der Waals surface area contributed by atoms with E-state index in [1.807, 2.05) is 17.8 Å². The number of thioether (sulfide) groups is 1. The number of amides is 1. The molecule has 0 saturated carbocycles. The summed E-state index contributed by atoms with van der Waals surface area (Å²) >= 11 is 5.53. The molecule has 1 aromatic carbocycles. The molecule has 0 spiro atoms. The normalized spacial score (nSPS) is 23.1. The van der Waals surface area contributed by atoms with Gasteiger partial charge in [0, 0.05) is 54.1 Å². The van der Waals surface area contributed by atoms with Crippen LogP contribution in [-0.2, 0) is 4.79 Å². The van der Waals surface area contributed by atoms with Crippen molar-refractivity contribution in [3.8, 4) is 0 Å². The first kappa shape index (κ1) is 21.9. The van der Waals surface area contributed by atoms with E-state index < -0.39 is 0 Å². The molecule has 0 radical (unpaired) electrons. The maximum atomic E-state index is 12.2. The van der Waals surface area contributed by atoms with Gasteiger partial charge in [-0.25, -0.2) is 0 Å². The number of halogens is 3. The highest BCUT2D eigenvalue weighted by atomic mass is 79.9. The van der Waals surface area contributed by atoms with Gasteiger partial charge in [0.25, 0.3) is 0 Å². The van der Waals surface area contributed by atoms with Crippen molar-refractivity contribution in [2.24, 2.45) is 0 Å². The van der Waals surface area contributed by atoms with Crippen molar-refractivity contribution in [2.45, 2.75) is 24.9 Å². The van der Waals surface area contributed by atoms with E-state index in [-0.39, 0.29) is 36.8 Å². The van der Waals surface area contributed by atoms with Crippen LogP contribution in [0, 0.1) is 0 Å². The molecule has 0 bridgehead atoms. The van der Waals surface area contributed by atoms with Gasteiger partial charge in [0.2, 0.25) is 5.91 Å². The van der Waals surface area contributed by atoms with Crippen LogP contribution in [-0.4, -0.2) is 49.1 Å². The summed E-state index contributed by atoms with van der Waals surface area (Å²) in [4.78, 5) is 14.5. The summed E-state index contributed by atoms with van der Waals surface area (Å²) in [7, 11) is 0. The molecule has 4 nitrogen and oxygen atoms in total. The molecule has 136 valence electrons. The molecule has 1 aromatic rings. The molecule has 2 N–H and O–H groups in total. The third kappa shape index (κ3) is 5.99. The lowest BCUT2D eigenvalue weighted by Gasteiger charge is -2.24. The van der Waals surface area contributed by atoms with Gasteiger partial charge in [-0.2, -0.15) is 11.8 Å². The highest BCUT2D eigenvalue weighted by Gasteiger charge is 2.26. The lowest BCUT2D eigenvalue weighted by atomic mass is 10.2. The lowest BCUT2D eigenvalue weighted by Crippen LogP contribution is -2.44. The molecule has 2 heterocycles. The monoisotopic (exact) mass is 455 g/mol. The summed E-state index contributed by atoms with van der Waals surface area (Å²) in [5.41, 5.74) is 1.21. The predicted molar refractivity (Wildman–Crippen MR) is 111 cm³/mol. The van der Waals surface area contributed by atoms with E-state index in [1.165, 1.54) is 5.69 Å². The first-order valence-corrected chi connectivity index (χ1v) is 9.77. The van der Waals surface area contributed by atoms with Gasteiger partial charge in [-0.3, -0.25) is 4.79 Å². The number of nitrogens with one attached hydrogen (secondary N) is 2. The zero-order valence-electron chi connectivity index (χ0n) is 13.4. The largest absolute Gasteiger partial charge is 0.368 e. The Morgan fingerprint density at radius 1 is 1.38 bits per heavy atom. The predicted octanol–water partition coefficient (Wildman–Crippen LogP) is 3.08.